The summed E-state index contributed by atoms with van der Waals surface area (Å²) in [5, 5.41) is 3.54. The van der Waals surface area contributed by atoms with Gasteiger partial charge < -0.3 is 19.4 Å². The van der Waals surface area contributed by atoms with Gasteiger partial charge in [0.05, 0.1) is 20.5 Å². The summed E-state index contributed by atoms with van der Waals surface area (Å²) in [4.78, 5) is 4.08. The summed E-state index contributed by atoms with van der Waals surface area (Å²) in [5.74, 6) is 1.62. The number of ether oxygens (including phenoxy) is 2. The van der Waals surface area contributed by atoms with Gasteiger partial charge in [-0.15, -0.1) is 0 Å². The molecule has 5 heteroatoms. The van der Waals surface area contributed by atoms with Gasteiger partial charge in [0.1, 0.15) is 11.5 Å². The minimum Gasteiger partial charge on any atom is -0.497 e. The minimum absolute atomic E-state index is 0.226. The highest BCUT2D eigenvalue weighted by molar-refractivity contribution is 5.41. The number of hydrogen-bond donors (Lipinski definition) is 1. The summed E-state index contributed by atoms with van der Waals surface area (Å²) in [6, 6.07) is 14.6. The Morgan fingerprint density at radius 1 is 1.08 bits per heavy atom. The fourth-order valence-electron chi connectivity index (χ4n) is 2.73. The molecule has 0 fully saturated rings. The largest absolute Gasteiger partial charge is 0.497 e. The van der Waals surface area contributed by atoms with Gasteiger partial charge in [-0.1, -0.05) is 18.2 Å². The molecule has 25 heavy (non-hydrogen) atoms. The number of aromatic nitrogens is 2. The van der Waals surface area contributed by atoms with E-state index >= 15 is 0 Å². The van der Waals surface area contributed by atoms with Crippen molar-refractivity contribution in [3.8, 4) is 17.2 Å². The van der Waals surface area contributed by atoms with Crippen molar-refractivity contribution in [3.05, 3.63) is 72.3 Å². The van der Waals surface area contributed by atoms with Gasteiger partial charge in [0, 0.05) is 42.3 Å². The predicted molar refractivity (Wildman–Crippen MR) is 98.4 cm³/mol. The van der Waals surface area contributed by atoms with Crippen LogP contribution in [0.3, 0.4) is 0 Å². The normalized spacial score (nSPS) is 12.0. The molecular formula is C20H23N3O2. The first-order valence-electron chi connectivity index (χ1n) is 8.24. The molecule has 3 rings (SSSR count). The average Bonchev–Trinajstić information content (AvgIpc) is 3.20. The molecule has 0 amide bonds. The van der Waals surface area contributed by atoms with E-state index in [1.165, 1.54) is 5.56 Å². The van der Waals surface area contributed by atoms with Crippen molar-refractivity contribution < 1.29 is 9.47 Å². The lowest BCUT2D eigenvalue weighted by atomic mass is 10.1. The van der Waals surface area contributed by atoms with E-state index in [0.29, 0.717) is 0 Å². The zero-order valence-corrected chi connectivity index (χ0v) is 14.8. The second-order valence-electron chi connectivity index (χ2n) is 5.84. The number of benzene rings is 2. The monoisotopic (exact) mass is 337 g/mol. The quantitative estimate of drug-likeness (QED) is 0.713. The van der Waals surface area contributed by atoms with E-state index in [0.717, 1.165) is 29.3 Å². The predicted octanol–water partition coefficient (Wildman–Crippen LogP) is 3.74. The lowest BCUT2D eigenvalue weighted by Gasteiger charge is -2.17. The van der Waals surface area contributed by atoms with Crippen molar-refractivity contribution in [1.29, 1.82) is 0 Å². The first-order valence-corrected chi connectivity index (χ1v) is 8.24. The van der Waals surface area contributed by atoms with Gasteiger partial charge in [-0.2, -0.15) is 0 Å². The molecule has 0 saturated heterocycles. The lowest BCUT2D eigenvalue weighted by Crippen LogP contribution is -2.18. The summed E-state index contributed by atoms with van der Waals surface area (Å²) in [5.41, 5.74) is 3.44. The fraction of sp³-hybridized carbons (Fsp3) is 0.250. The van der Waals surface area contributed by atoms with Gasteiger partial charge in [-0.3, -0.25) is 0 Å². The smallest absolute Gasteiger partial charge is 0.127 e. The van der Waals surface area contributed by atoms with Crippen LogP contribution in [0.1, 0.15) is 24.1 Å². The number of nitrogens with zero attached hydrogens (tertiary/aromatic N) is 2. The highest BCUT2D eigenvalue weighted by Gasteiger charge is 2.09. The molecule has 5 nitrogen and oxygen atoms in total. The third-order valence-electron chi connectivity index (χ3n) is 4.29. The number of rotatable bonds is 7. The third kappa shape index (κ3) is 4.00. The van der Waals surface area contributed by atoms with Crippen LogP contribution in [0.5, 0.6) is 11.5 Å². The molecule has 0 radical (unpaired) electrons. The lowest BCUT2D eigenvalue weighted by molar-refractivity contribution is 0.389. The fourth-order valence-corrected chi connectivity index (χ4v) is 2.73. The van der Waals surface area contributed by atoms with Crippen molar-refractivity contribution >= 4 is 0 Å². The molecule has 1 N–H and O–H groups in total. The van der Waals surface area contributed by atoms with Gasteiger partial charge in [0.2, 0.25) is 0 Å². The SMILES string of the molecule is COc1ccc(CN[C@H](C)c2ccc(-n3ccnc3)cc2)c(OC)c1. The molecule has 1 aromatic heterocycles. The maximum Gasteiger partial charge on any atom is 0.127 e. The summed E-state index contributed by atoms with van der Waals surface area (Å²) in [7, 11) is 3.33. The number of imidazole rings is 1. The molecule has 3 aromatic rings. The van der Waals surface area contributed by atoms with Crippen molar-refractivity contribution in [3.63, 3.8) is 0 Å². The zero-order valence-electron chi connectivity index (χ0n) is 14.8. The van der Waals surface area contributed by atoms with Gasteiger partial charge in [0.25, 0.3) is 0 Å². The van der Waals surface area contributed by atoms with Crippen LogP contribution in [0.2, 0.25) is 0 Å². The topological polar surface area (TPSA) is 48.3 Å². The highest BCUT2D eigenvalue weighted by Crippen LogP contribution is 2.25. The Balaban J connectivity index is 1.65. The Morgan fingerprint density at radius 3 is 2.52 bits per heavy atom. The molecule has 1 atom stereocenters. The molecule has 130 valence electrons. The van der Waals surface area contributed by atoms with E-state index in [4.69, 9.17) is 9.47 Å². The van der Waals surface area contributed by atoms with Crippen LogP contribution >= 0.6 is 0 Å². The number of nitrogens with one attached hydrogen (secondary N) is 1. The van der Waals surface area contributed by atoms with Crippen LogP contribution in [0.25, 0.3) is 5.69 Å². The maximum absolute atomic E-state index is 5.45. The molecule has 0 aliphatic carbocycles. The van der Waals surface area contributed by atoms with Gasteiger partial charge in [-0.05, 0) is 30.7 Å². The maximum atomic E-state index is 5.45. The van der Waals surface area contributed by atoms with E-state index < -0.39 is 0 Å². The first kappa shape index (κ1) is 17.0. The van der Waals surface area contributed by atoms with Crippen molar-refractivity contribution in [2.45, 2.75) is 19.5 Å². The van der Waals surface area contributed by atoms with E-state index in [1.807, 2.05) is 29.0 Å². The van der Waals surface area contributed by atoms with Crippen LogP contribution in [0.4, 0.5) is 0 Å². The van der Waals surface area contributed by atoms with E-state index in [1.54, 1.807) is 26.7 Å². The molecule has 0 saturated carbocycles. The average molecular weight is 337 g/mol. The molecule has 1 heterocycles. The van der Waals surface area contributed by atoms with Gasteiger partial charge >= 0.3 is 0 Å². The standard InChI is InChI=1S/C20H23N3O2/c1-15(16-4-7-18(8-5-16)23-11-10-21-14-23)22-13-17-6-9-19(24-2)12-20(17)25-3/h4-12,14-15,22H,13H2,1-3H3/t15-/m1/s1. The zero-order chi connectivity index (χ0) is 17.6. The molecule has 2 aromatic carbocycles. The molecule has 0 unspecified atom stereocenters. The molecule has 0 spiro atoms. The summed E-state index contributed by atoms with van der Waals surface area (Å²) in [6.45, 7) is 2.87. The van der Waals surface area contributed by atoms with Crippen molar-refractivity contribution in [2.75, 3.05) is 14.2 Å². The van der Waals surface area contributed by atoms with E-state index in [2.05, 4.69) is 41.5 Å². The van der Waals surface area contributed by atoms with Crippen LogP contribution in [0, 0.1) is 0 Å². The van der Waals surface area contributed by atoms with E-state index in [9.17, 15) is 0 Å². The third-order valence-corrected chi connectivity index (χ3v) is 4.29. The Hall–Kier alpha value is -2.79. The molecule has 0 bridgehead atoms. The van der Waals surface area contributed by atoms with Crippen molar-refractivity contribution in [2.24, 2.45) is 0 Å². The van der Waals surface area contributed by atoms with Crippen molar-refractivity contribution in [1.82, 2.24) is 14.9 Å². The highest BCUT2D eigenvalue weighted by atomic mass is 16.5. The van der Waals surface area contributed by atoms with E-state index in [-0.39, 0.29) is 6.04 Å². The second kappa shape index (κ2) is 7.85. The Labute approximate surface area is 148 Å². The Morgan fingerprint density at radius 2 is 1.88 bits per heavy atom. The molecule has 0 aliphatic rings. The second-order valence-corrected chi connectivity index (χ2v) is 5.84. The summed E-state index contributed by atoms with van der Waals surface area (Å²) in [6.07, 6.45) is 5.51. The Kier molecular flexibility index (Phi) is 5.36. The number of methoxy groups -OCH3 is 2. The molecule has 0 aliphatic heterocycles. The number of hydrogen-bond acceptors (Lipinski definition) is 4. The minimum atomic E-state index is 0.226. The van der Waals surface area contributed by atoms with Crippen LogP contribution in [-0.4, -0.2) is 23.8 Å². The molecular weight excluding hydrogens is 314 g/mol. The van der Waals surface area contributed by atoms with Crippen LogP contribution in [0.15, 0.2) is 61.2 Å². The van der Waals surface area contributed by atoms with Gasteiger partial charge in [-0.25, -0.2) is 4.98 Å². The van der Waals surface area contributed by atoms with Crippen LogP contribution < -0.4 is 14.8 Å². The summed E-state index contributed by atoms with van der Waals surface area (Å²) >= 11 is 0. The first-order chi connectivity index (χ1) is 12.2. The summed E-state index contributed by atoms with van der Waals surface area (Å²) < 4.78 is 12.7. The van der Waals surface area contributed by atoms with Gasteiger partial charge in [0.15, 0.2) is 0 Å². The Bertz CT molecular complexity index is 798. The van der Waals surface area contributed by atoms with Crippen LogP contribution in [-0.2, 0) is 6.54 Å².